The van der Waals surface area contributed by atoms with Crippen molar-refractivity contribution in [1.29, 1.82) is 0 Å². The van der Waals surface area contributed by atoms with Crippen LogP contribution in [-0.4, -0.2) is 53.6 Å². The van der Waals surface area contributed by atoms with Crippen molar-refractivity contribution in [3.8, 4) is 11.3 Å². The fourth-order valence-electron chi connectivity index (χ4n) is 3.66. The minimum Gasteiger partial charge on any atom is -0.424 e. The van der Waals surface area contributed by atoms with Crippen LogP contribution in [0.25, 0.3) is 33.4 Å². The van der Waals surface area contributed by atoms with Gasteiger partial charge in [-0.05, 0) is 36.4 Å². The molecule has 4 aromatic rings. The van der Waals surface area contributed by atoms with Gasteiger partial charge in [-0.2, -0.15) is 4.98 Å². The summed E-state index contributed by atoms with van der Waals surface area (Å²) in [4.78, 5) is 26.1. The molecule has 1 aliphatic rings. The van der Waals surface area contributed by atoms with Gasteiger partial charge in [-0.15, -0.1) is 0 Å². The number of hydrogen-bond donors (Lipinski definition) is 3. The molecule has 0 spiro atoms. The van der Waals surface area contributed by atoms with Crippen molar-refractivity contribution >= 4 is 40.2 Å². The standard InChI is InChI=1S/C21H21N7O2.C2H6/c22-21-27-19-7-13(1-4-20(19)30-21)16-2-3-17-18(26-16)8-15(9-25-17)28-10-14(11-28)24-6-5-23-12-29;1-2/h1-4,7-9,12,14,24H,5-6,10-11H2,(H2,22,27)(H,23,29);1-2H3. The summed E-state index contributed by atoms with van der Waals surface area (Å²) in [6.45, 7) is 7.20. The number of fused-ring (bicyclic) bond motifs is 2. The van der Waals surface area contributed by atoms with Gasteiger partial charge in [0.2, 0.25) is 6.41 Å². The summed E-state index contributed by atoms with van der Waals surface area (Å²) in [7, 11) is 0. The molecule has 166 valence electrons. The number of aromatic nitrogens is 3. The minimum atomic E-state index is 0.157. The first-order valence-electron chi connectivity index (χ1n) is 10.8. The normalized spacial score (nSPS) is 13.5. The Labute approximate surface area is 186 Å². The van der Waals surface area contributed by atoms with Gasteiger partial charge in [-0.25, -0.2) is 4.98 Å². The molecule has 32 heavy (non-hydrogen) atoms. The molecule has 1 aromatic carbocycles. The molecule has 0 atom stereocenters. The molecule has 4 heterocycles. The maximum Gasteiger partial charge on any atom is 0.292 e. The zero-order valence-electron chi connectivity index (χ0n) is 18.2. The Morgan fingerprint density at radius 3 is 2.75 bits per heavy atom. The van der Waals surface area contributed by atoms with Crippen LogP contribution in [0.3, 0.4) is 0 Å². The van der Waals surface area contributed by atoms with Crippen LogP contribution in [-0.2, 0) is 4.79 Å². The maximum atomic E-state index is 10.3. The van der Waals surface area contributed by atoms with Crippen LogP contribution in [0.2, 0.25) is 0 Å². The molecule has 9 nitrogen and oxygen atoms in total. The Morgan fingerprint density at radius 2 is 1.94 bits per heavy atom. The largest absolute Gasteiger partial charge is 0.424 e. The number of oxazole rings is 1. The monoisotopic (exact) mass is 433 g/mol. The van der Waals surface area contributed by atoms with Gasteiger partial charge in [-0.1, -0.05) is 13.8 Å². The van der Waals surface area contributed by atoms with Crippen molar-refractivity contribution in [3.63, 3.8) is 0 Å². The minimum absolute atomic E-state index is 0.157. The van der Waals surface area contributed by atoms with E-state index in [2.05, 4.69) is 31.6 Å². The molecule has 0 aliphatic carbocycles. The summed E-state index contributed by atoms with van der Waals surface area (Å²) >= 11 is 0. The lowest BCUT2D eigenvalue weighted by molar-refractivity contribution is -0.109. The molecule has 9 heteroatoms. The van der Waals surface area contributed by atoms with E-state index in [-0.39, 0.29) is 6.01 Å². The molecule has 0 bridgehead atoms. The van der Waals surface area contributed by atoms with Gasteiger partial charge in [-0.3, -0.25) is 9.78 Å². The number of amides is 1. The molecule has 0 radical (unpaired) electrons. The second kappa shape index (κ2) is 9.61. The van der Waals surface area contributed by atoms with E-state index in [1.165, 1.54) is 0 Å². The Morgan fingerprint density at radius 1 is 1.09 bits per heavy atom. The number of rotatable bonds is 7. The first-order chi connectivity index (χ1) is 15.7. The quantitative estimate of drug-likeness (QED) is 0.300. The van der Waals surface area contributed by atoms with E-state index in [9.17, 15) is 4.79 Å². The lowest BCUT2D eigenvalue weighted by Gasteiger charge is -2.41. The number of nitrogens with zero attached hydrogens (tertiary/aromatic N) is 4. The van der Waals surface area contributed by atoms with Gasteiger partial charge in [0.15, 0.2) is 5.58 Å². The first kappa shape index (κ1) is 21.5. The predicted molar refractivity (Wildman–Crippen MR) is 126 cm³/mol. The third-order valence-corrected chi connectivity index (χ3v) is 5.26. The molecule has 1 amide bonds. The van der Waals surface area contributed by atoms with Gasteiger partial charge < -0.3 is 25.7 Å². The summed E-state index contributed by atoms with van der Waals surface area (Å²) in [5, 5.41) is 6.07. The second-order valence-electron chi connectivity index (χ2n) is 7.29. The van der Waals surface area contributed by atoms with Gasteiger partial charge >= 0.3 is 0 Å². The van der Waals surface area contributed by atoms with E-state index in [1.807, 2.05) is 50.4 Å². The van der Waals surface area contributed by atoms with Crippen LogP contribution in [0.4, 0.5) is 11.7 Å². The van der Waals surface area contributed by atoms with Crippen LogP contribution in [0, 0.1) is 0 Å². The number of nitrogen functional groups attached to an aromatic ring is 1. The summed E-state index contributed by atoms with van der Waals surface area (Å²) in [5.41, 5.74) is 11.5. The smallest absolute Gasteiger partial charge is 0.292 e. The van der Waals surface area contributed by atoms with Crippen LogP contribution in [0.5, 0.6) is 0 Å². The fourth-order valence-corrected chi connectivity index (χ4v) is 3.66. The van der Waals surface area contributed by atoms with Gasteiger partial charge in [0, 0.05) is 37.8 Å². The number of nitrogens with two attached hydrogens (primary N) is 1. The van der Waals surface area contributed by atoms with Crippen molar-refractivity contribution < 1.29 is 9.21 Å². The Balaban J connectivity index is 0.00000119. The third kappa shape index (κ3) is 4.47. The summed E-state index contributed by atoms with van der Waals surface area (Å²) < 4.78 is 5.34. The zero-order chi connectivity index (χ0) is 22.5. The Bertz CT molecular complexity index is 1220. The van der Waals surface area contributed by atoms with Gasteiger partial charge in [0.25, 0.3) is 6.01 Å². The van der Waals surface area contributed by atoms with Crippen molar-refractivity contribution in [2.75, 3.05) is 36.8 Å². The fraction of sp³-hybridized carbons (Fsp3) is 0.304. The summed E-state index contributed by atoms with van der Waals surface area (Å²) in [6, 6.07) is 12.3. The summed E-state index contributed by atoms with van der Waals surface area (Å²) in [6.07, 6.45) is 2.61. The zero-order valence-corrected chi connectivity index (χ0v) is 18.2. The number of anilines is 2. The van der Waals surface area contributed by atoms with Crippen molar-refractivity contribution in [2.24, 2.45) is 0 Å². The van der Waals surface area contributed by atoms with E-state index < -0.39 is 0 Å². The molecule has 1 fully saturated rings. The highest BCUT2D eigenvalue weighted by molar-refractivity contribution is 5.84. The average molecular weight is 434 g/mol. The van der Waals surface area contributed by atoms with Crippen LogP contribution in [0.1, 0.15) is 13.8 Å². The molecule has 1 aliphatic heterocycles. The third-order valence-electron chi connectivity index (χ3n) is 5.26. The van der Waals surface area contributed by atoms with Crippen molar-refractivity contribution in [3.05, 3.63) is 42.6 Å². The number of carbonyl (C=O) groups excluding carboxylic acids is 1. The van der Waals surface area contributed by atoms with Gasteiger partial charge in [0.05, 0.1) is 28.6 Å². The van der Waals surface area contributed by atoms with Gasteiger partial charge in [0.1, 0.15) is 5.52 Å². The predicted octanol–water partition coefficient (Wildman–Crippen LogP) is 2.57. The van der Waals surface area contributed by atoms with Crippen molar-refractivity contribution in [2.45, 2.75) is 19.9 Å². The lowest BCUT2D eigenvalue weighted by atomic mass is 10.1. The Kier molecular flexibility index (Phi) is 6.46. The molecule has 4 N–H and O–H groups in total. The van der Waals surface area contributed by atoms with E-state index in [4.69, 9.17) is 15.1 Å². The Hall–Kier alpha value is -3.72. The van der Waals surface area contributed by atoms with E-state index in [0.717, 1.165) is 54.0 Å². The first-order valence-corrected chi connectivity index (χ1v) is 10.8. The van der Waals surface area contributed by atoms with Crippen LogP contribution in [0.15, 0.2) is 47.0 Å². The highest BCUT2D eigenvalue weighted by atomic mass is 16.4. The molecular formula is C23H27N7O2. The van der Waals surface area contributed by atoms with E-state index in [0.29, 0.717) is 23.7 Å². The maximum absolute atomic E-state index is 10.3. The number of benzene rings is 1. The van der Waals surface area contributed by atoms with Crippen LogP contribution < -0.4 is 21.3 Å². The average Bonchev–Trinajstić information content (AvgIpc) is 3.17. The SMILES string of the molecule is CC.Nc1nc2cc(-c3ccc4ncc(N5CC(NCCNC=O)C5)cc4n3)ccc2o1. The highest BCUT2D eigenvalue weighted by Crippen LogP contribution is 2.27. The summed E-state index contributed by atoms with van der Waals surface area (Å²) in [5.74, 6) is 0. The van der Waals surface area contributed by atoms with E-state index >= 15 is 0 Å². The molecule has 0 unspecified atom stereocenters. The lowest BCUT2D eigenvalue weighted by Crippen LogP contribution is -2.59. The molecule has 1 saturated heterocycles. The van der Waals surface area contributed by atoms with Crippen LogP contribution >= 0.6 is 0 Å². The molecular weight excluding hydrogens is 406 g/mol. The number of pyridine rings is 2. The number of hydrogen-bond acceptors (Lipinski definition) is 8. The van der Waals surface area contributed by atoms with Crippen molar-refractivity contribution in [1.82, 2.24) is 25.6 Å². The molecule has 5 rings (SSSR count). The van der Waals surface area contributed by atoms with E-state index in [1.54, 1.807) is 0 Å². The second-order valence-corrected chi connectivity index (χ2v) is 7.29. The number of carbonyl (C=O) groups is 1. The molecule has 3 aromatic heterocycles. The topological polar surface area (TPSA) is 122 Å². The number of nitrogens with one attached hydrogen (secondary N) is 2. The molecule has 0 saturated carbocycles. The highest BCUT2D eigenvalue weighted by Gasteiger charge is 2.26.